The number of carbonyl (C=O) groups excluding carboxylic acids is 4. The summed E-state index contributed by atoms with van der Waals surface area (Å²) in [4.78, 5) is 49.9. The lowest BCUT2D eigenvalue weighted by Gasteiger charge is -2.19. The summed E-state index contributed by atoms with van der Waals surface area (Å²) in [5, 5.41) is 5.36. The third-order valence-electron chi connectivity index (χ3n) is 3.83. The summed E-state index contributed by atoms with van der Waals surface area (Å²) in [5.41, 5.74) is 1.71. The average Bonchev–Trinajstić information content (AvgIpc) is 3.03. The summed E-state index contributed by atoms with van der Waals surface area (Å²) in [6.07, 6.45) is -0.274. The van der Waals surface area contributed by atoms with E-state index in [1.807, 2.05) is 29.6 Å². The Morgan fingerprint density at radius 1 is 1.19 bits per heavy atom. The fourth-order valence-corrected chi connectivity index (χ4v) is 2.52. The van der Waals surface area contributed by atoms with Gasteiger partial charge >= 0.3 is 12.1 Å². The first-order valence-corrected chi connectivity index (χ1v) is 8.23. The summed E-state index contributed by atoms with van der Waals surface area (Å²) in [5.74, 6) is -2.03. The molecular weight excluding hydrogens is 354 g/mol. The molecular formula is C18H21N3O6. The van der Waals surface area contributed by atoms with E-state index < -0.39 is 36.0 Å². The number of aromatic amines is 1. The van der Waals surface area contributed by atoms with Gasteiger partial charge in [-0.05, 0) is 18.6 Å². The van der Waals surface area contributed by atoms with Gasteiger partial charge in [0.2, 0.25) is 5.91 Å². The standard InChI is InChI=1S/C18H21N3O6/c1-10(16(23)21-18(25)26-3)27-17(24)15(20-11(2)22)8-12-9-19-14-7-5-4-6-13(12)14/h4-7,9-10,15,19H,8H2,1-3H3,(H,20,22)(H,21,23,25)/t10-,15-/m0/s1. The number of rotatable bonds is 6. The number of aromatic nitrogens is 1. The number of hydrogen-bond acceptors (Lipinski definition) is 6. The van der Waals surface area contributed by atoms with E-state index in [9.17, 15) is 19.2 Å². The van der Waals surface area contributed by atoms with Crippen molar-refractivity contribution in [3.8, 4) is 0 Å². The van der Waals surface area contributed by atoms with Crippen LogP contribution < -0.4 is 10.6 Å². The van der Waals surface area contributed by atoms with Gasteiger partial charge in [0.15, 0.2) is 6.10 Å². The Morgan fingerprint density at radius 3 is 2.56 bits per heavy atom. The molecule has 1 aromatic carbocycles. The molecule has 27 heavy (non-hydrogen) atoms. The van der Waals surface area contributed by atoms with E-state index in [1.54, 1.807) is 6.20 Å². The molecule has 144 valence electrons. The van der Waals surface area contributed by atoms with Crippen molar-refractivity contribution in [2.75, 3.05) is 7.11 Å². The fraction of sp³-hybridized carbons (Fsp3) is 0.333. The Bertz CT molecular complexity index is 860. The lowest BCUT2D eigenvalue weighted by Crippen LogP contribution is -2.46. The minimum Gasteiger partial charge on any atom is -0.453 e. The molecule has 0 fully saturated rings. The lowest BCUT2D eigenvalue weighted by atomic mass is 10.0. The second kappa shape index (κ2) is 8.84. The van der Waals surface area contributed by atoms with Crippen LogP contribution in [0.15, 0.2) is 30.5 Å². The number of fused-ring (bicyclic) bond motifs is 1. The van der Waals surface area contributed by atoms with Gasteiger partial charge in [0.1, 0.15) is 6.04 Å². The van der Waals surface area contributed by atoms with E-state index in [4.69, 9.17) is 4.74 Å². The third-order valence-corrected chi connectivity index (χ3v) is 3.83. The van der Waals surface area contributed by atoms with Crippen LogP contribution in [0.3, 0.4) is 0 Å². The maximum absolute atomic E-state index is 12.5. The highest BCUT2D eigenvalue weighted by atomic mass is 16.6. The topological polar surface area (TPSA) is 127 Å². The maximum Gasteiger partial charge on any atom is 0.413 e. The first-order chi connectivity index (χ1) is 12.8. The molecule has 0 unspecified atom stereocenters. The quantitative estimate of drug-likeness (QED) is 0.647. The molecule has 2 rings (SSSR count). The molecule has 2 aromatic rings. The molecule has 0 bridgehead atoms. The first-order valence-electron chi connectivity index (χ1n) is 8.23. The zero-order valence-corrected chi connectivity index (χ0v) is 15.2. The van der Waals surface area contributed by atoms with Crippen LogP contribution in [-0.4, -0.2) is 48.1 Å². The van der Waals surface area contributed by atoms with Crippen molar-refractivity contribution >= 4 is 34.8 Å². The molecule has 1 heterocycles. The highest BCUT2D eigenvalue weighted by molar-refractivity contribution is 5.95. The Hall–Kier alpha value is -3.36. The van der Waals surface area contributed by atoms with Crippen LogP contribution in [0.2, 0.25) is 0 Å². The zero-order chi connectivity index (χ0) is 20.0. The molecule has 0 radical (unpaired) electrons. The van der Waals surface area contributed by atoms with Gasteiger partial charge in [-0.2, -0.15) is 0 Å². The summed E-state index contributed by atoms with van der Waals surface area (Å²) in [6, 6.07) is 6.54. The van der Waals surface area contributed by atoms with Gasteiger partial charge in [0.05, 0.1) is 7.11 Å². The molecule has 0 spiro atoms. The predicted octanol–water partition coefficient (Wildman–Crippen LogP) is 1.03. The van der Waals surface area contributed by atoms with E-state index in [1.165, 1.54) is 13.8 Å². The van der Waals surface area contributed by atoms with Crippen LogP contribution in [0.5, 0.6) is 0 Å². The second-order valence-electron chi connectivity index (χ2n) is 5.88. The fourth-order valence-electron chi connectivity index (χ4n) is 2.52. The SMILES string of the molecule is COC(=O)NC(=O)[C@H](C)OC(=O)[C@H](Cc1c[nH]c2ccccc12)NC(C)=O. The molecule has 2 atom stereocenters. The van der Waals surface area contributed by atoms with Gasteiger partial charge in [-0.3, -0.25) is 14.9 Å². The number of benzene rings is 1. The summed E-state index contributed by atoms with van der Waals surface area (Å²) in [6.45, 7) is 2.59. The van der Waals surface area contributed by atoms with Gasteiger partial charge in [0.25, 0.3) is 5.91 Å². The van der Waals surface area contributed by atoms with Crippen LogP contribution in [0.4, 0.5) is 4.79 Å². The molecule has 3 N–H and O–H groups in total. The van der Waals surface area contributed by atoms with E-state index >= 15 is 0 Å². The summed E-state index contributed by atoms with van der Waals surface area (Å²) < 4.78 is 9.41. The van der Waals surface area contributed by atoms with Crippen molar-refractivity contribution in [3.63, 3.8) is 0 Å². The molecule has 0 saturated heterocycles. The van der Waals surface area contributed by atoms with Crippen molar-refractivity contribution in [3.05, 3.63) is 36.0 Å². The number of carbonyl (C=O) groups is 4. The minimum absolute atomic E-state index is 0.174. The smallest absolute Gasteiger partial charge is 0.413 e. The molecule has 9 nitrogen and oxygen atoms in total. The van der Waals surface area contributed by atoms with Crippen LogP contribution in [-0.2, 0) is 30.3 Å². The number of imide groups is 1. The van der Waals surface area contributed by atoms with Crippen LogP contribution in [0, 0.1) is 0 Å². The Balaban J connectivity index is 2.10. The van der Waals surface area contributed by atoms with E-state index in [0.29, 0.717) is 0 Å². The normalized spacial score (nSPS) is 12.7. The Morgan fingerprint density at radius 2 is 1.89 bits per heavy atom. The Kier molecular flexibility index (Phi) is 6.53. The van der Waals surface area contributed by atoms with Crippen molar-refractivity contribution < 1.29 is 28.7 Å². The third kappa shape index (κ3) is 5.30. The summed E-state index contributed by atoms with van der Waals surface area (Å²) in [7, 11) is 1.10. The number of esters is 1. The lowest BCUT2D eigenvalue weighted by molar-refractivity contribution is -0.157. The molecule has 0 aliphatic carbocycles. The largest absolute Gasteiger partial charge is 0.453 e. The predicted molar refractivity (Wildman–Crippen MR) is 95.7 cm³/mol. The van der Waals surface area contributed by atoms with E-state index in [0.717, 1.165) is 23.6 Å². The van der Waals surface area contributed by atoms with Gasteiger partial charge in [-0.1, -0.05) is 18.2 Å². The van der Waals surface area contributed by atoms with Crippen LogP contribution >= 0.6 is 0 Å². The van der Waals surface area contributed by atoms with Crippen LogP contribution in [0.25, 0.3) is 10.9 Å². The number of alkyl carbamates (subject to hydrolysis) is 1. The molecule has 0 aliphatic rings. The van der Waals surface area contributed by atoms with Gasteiger partial charge in [0, 0.05) is 30.4 Å². The molecule has 1 aromatic heterocycles. The van der Waals surface area contributed by atoms with Crippen LogP contribution in [0.1, 0.15) is 19.4 Å². The number of H-pyrrole nitrogens is 1. The maximum atomic E-state index is 12.5. The van der Waals surface area contributed by atoms with Crippen molar-refractivity contribution in [1.82, 2.24) is 15.6 Å². The second-order valence-corrected chi connectivity index (χ2v) is 5.88. The minimum atomic E-state index is -1.24. The first kappa shape index (κ1) is 20.0. The molecule has 0 saturated carbocycles. The monoisotopic (exact) mass is 375 g/mol. The number of amides is 3. The average molecular weight is 375 g/mol. The highest BCUT2D eigenvalue weighted by Crippen LogP contribution is 2.19. The van der Waals surface area contributed by atoms with Crippen molar-refractivity contribution in [1.29, 1.82) is 0 Å². The molecule has 3 amide bonds. The van der Waals surface area contributed by atoms with E-state index in [-0.39, 0.29) is 6.42 Å². The zero-order valence-electron chi connectivity index (χ0n) is 15.2. The van der Waals surface area contributed by atoms with Gasteiger partial charge in [-0.25, -0.2) is 9.59 Å². The molecule has 0 aliphatic heterocycles. The van der Waals surface area contributed by atoms with Gasteiger partial charge in [-0.15, -0.1) is 0 Å². The van der Waals surface area contributed by atoms with Crippen molar-refractivity contribution in [2.24, 2.45) is 0 Å². The number of methoxy groups -OCH3 is 1. The summed E-state index contributed by atoms with van der Waals surface area (Å²) >= 11 is 0. The highest BCUT2D eigenvalue weighted by Gasteiger charge is 2.27. The Labute approximate surface area is 155 Å². The number of para-hydroxylation sites is 1. The molecule has 9 heteroatoms. The number of hydrogen-bond donors (Lipinski definition) is 3. The van der Waals surface area contributed by atoms with E-state index in [2.05, 4.69) is 15.0 Å². The van der Waals surface area contributed by atoms with Gasteiger partial charge < -0.3 is 19.8 Å². The number of nitrogens with one attached hydrogen (secondary N) is 3. The number of ether oxygens (including phenoxy) is 2. The van der Waals surface area contributed by atoms with Crippen molar-refractivity contribution in [2.45, 2.75) is 32.4 Å².